The lowest BCUT2D eigenvalue weighted by atomic mass is 10.0. The van der Waals surface area contributed by atoms with E-state index in [-0.39, 0.29) is 152 Å². The first-order valence-corrected chi connectivity index (χ1v) is 31.8. The number of nitrogens with one attached hydrogen (secondary N) is 8. The van der Waals surface area contributed by atoms with Crippen LogP contribution in [0.15, 0.2) is 63.5 Å². The number of aliphatic carboxylic acids is 1. The monoisotopic (exact) mass is 1320 g/mol. The number of amides is 8. The standard InChI is InChI=1S/C60H104N22O12/c61-27-5-1-12-40(65)49(85)75-44(16-9-31-72-58(66)67)51(87)77-45(17-10-32-73-59(68)69)54(90)82-48(35-37-21-25-39(84)26-22-37)56(92)79-43(15-4-8-30-64)53(89)81-47(34-36-19-23-38(83)24-20-36)55(91)78-41(13-2-6-28-62)50(86)76-42(14-3-7-29-63)52(88)80-46(57(93)94)18-11-33-74-60(70)71/h19-26,40-48,83-84H,1-18,27-35,61-65H2,(H,75,85)(H,76,86)(H,77,87)(H,78,91)(H,79,92)(H,80,88)(H,81,89)(H,82,90)(H,93,94)(H4,66,67,72)(H4,68,69,73)(H4,70,71,74). The first-order valence-electron chi connectivity index (χ1n) is 31.8. The molecule has 526 valence electrons. The molecule has 0 fully saturated rings. The highest BCUT2D eigenvalue weighted by atomic mass is 16.4. The fraction of sp³-hybridized carbons (Fsp3) is 0.600. The first kappa shape index (κ1) is 81.0. The van der Waals surface area contributed by atoms with Gasteiger partial charge in [-0.15, -0.1) is 0 Å². The number of rotatable bonds is 49. The third-order valence-corrected chi connectivity index (χ3v) is 14.8. The number of hydrogen-bond donors (Lipinski definition) is 22. The Labute approximate surface area is 548 Å². The number of carboxylic acids is 1. The number of phenolic OH excluding ortho intramolecular Hbond substituents is 2. The molecular weight excluding hydrogens is 1220 g/mol. The van der Waals surface area contributed by atoms with E-state index < -0.39 is 108 Å². The lowest BCUT2D eigenvalue weighted by Crippen LogP contribution is -2.61. The minimum atomic E-state index is -1.52. The van der Waals surface area contributed by atoms with Crippen molar-refractivity contribution in [1.82, 2.24) is 42.5 Å². The summed E-state index contributed by atoms with van der Waals surface area (Å²) in [4.78, 5) is 139. The second-order valence-corrected chi connectivity index (χ2v) is 22.7. The van der Waals surface area contributed by atoms with Crippen LogP contribution in [0.1, 0.15) is 127 Å². The van der Waals surface area contributed by atoms with E-state index >= 15 is 0 Å². The number of aliphatic imine (C=N–C) groups is 3. The molecule has 0 saturated heterocycles. The maximum atomic E-state index is 14.9. The number of hydrogen-bond acceptors (Lipinski definition) is 19. The van der Waals surface area contributed by atoms with Gasteiger partial charge in [0.25, 0.3) is 0 Å². The summed E-state index contributed by atoms with van der Waals surface area (Å²) in [5.74, 6) is -8.85. The average Bonchev–Trinajstić information content (AvgIpc) is 0.976. The first-order chi connectivity index (χ1) is 44.8. The zero-order valence-electron chi connectivity index (χ0n) is 53.6. The molecule has 8 amide bonds. The smallest absolute Gasteiger partial charge is 0.326 e. The average molecular weight is 1330 g/mol. The van der Waals surface area contributed by atoms with E-state index in [0.29, 0.717) is 62.6 Å². The van der Waals surface area contributed by atoms with Crippen LogP contribution in [0.3, 0.4) is 0 Å². The van der Waals surface area contributed by atoms with Gasteiger partial charge < -0.3 is 121 Å². The summed E-state index contributed by atoms with van der Waals surface area (Å²) < 4.78 is 0. The van der Waals surface area contributed by atoms with Gasteiger partial charge in [-0.3, -0.25) is 53.3 Å². The Morgan fingerprint density at radius 2 is 0.564 bits per heavy atom. The maximum absolute atomic E-state index is 14.9. The van der Waals surface area contributed by atoms with Crippen LogP contribution in [0.4, 0.5) is 0 Å². The maximum Gasteiger partial charge on any atom is 0.326 e. The Bertz CT molecular complexity index is 2750. The number of carboxylic acid groups (broad SMARTS) is 1. The highest BCUT2D eigenvalue weighted by molar-refractivity contribution is 5.98. The number of phenols is 2. The van der Waals surface area contributed by atoms with Gasteiger partial charge in [0.15, 0.2) is 17.9 Å². The fourth-order valence-corrected chi connectivity index (χ4v) is 9.57. The number of carbonyl (C=O) groups excluding carboxylic acids is 8. The third kappa shape index (κ3) is 34.0. The summed E-state index contributed by atoms with van der Waals surface area (Å²) >= 11 is 0. The normalized spacial score (nSPS) is 13.8. The number of nitrogens with two attached hydrogens (primary N) is 11. The molecule has 33 N–H and O–H groups in total. The minimum Gasteiger partial charge on any atom is -0.508 e. The molecule has 34 heteroatoms. The van der Waals surface area contributed by atoms with Gasteiger partial charge in [-0.2, -0.15) is 0 Å². The molecule has 0 aliphatic carbocycles. The van der Waals surface area contributed by atoms with Crippen molar-refractivity contribution in [1.29, 1.82) is 0 Å². The van der Waals surface area contributed by atoms with Crippen molar-refractivity contribution in [2.45, 2.75) is 183 Å². The largest absolute Gasteiger partial charge is 0.508 e. The van der Waals surface area contributed by atoms with E-state index in [1.807, 2.05) is 0 Å². The Morgan fingerprint density at radius 3 is 0.840 bits per heavy atom. The molecule has 0 aliphatic rings. The van der Waals surface area contributed by atoms with Gasteiger partial charge in [0.2, 0.25) is 47.3 Å². The van der Waals surface area contributed by atoms with E-state index in [1.54, 1.807) is 0 Å². The molecule has 2 aromatic rings. The topological polar surface area (TPSA) is 634 Å². The predicted octanol–water partition coefficient (Wildman–Crippen LogP) is -5.15. The number of benzene rings is 2. The second kappa shape index (κ2) is 46.0. The van der Waals surface area contributed by atoms with Crippen molar-refractivity contribution in [2.75, 3.05) is 45.8 Å². The van der Waals surface area contributed by atoms with Crippen molar-refractivity contribution in [2.24, 2.45) is 78.0 Å². The van der Waals surface area contributed by atoms with E-state index in [0.717, 1.165) is 0 Å². The van der Waals surface area contributed by atoms with Crippen molar-refractivity contribution >= 4 is 71.1 Å². The number of guanidine groups is 3. The van der Waals surface area contributed by atoms with E-state index in [4.69, 9.17) is 63.1 Å². The van der Waals surface area contributed by atoms with Crippen molar-refractivity contribution in [3.63, 3.8) is 0 Å². The van der Waals surface area contributed by atoms with Crippen LogP contribution in [-0.4, -0.2) is 187 Å². The van der Waals surface area contributed by atoms with Crippen LogP contribution in [0, 0.1) is 0 Å². The molecular formula is C60H104N22O12. The lowest BCUT2D eigenvalue weighted by molar-refractivity contribution is -0.142. The van der Waals surface area contributed by atoms with Crippen molar-refractivity contribution in [3.05, 3.63) is 59.7 Å². The number of aromatic hydroxyl groups is 2. The van der Waals surface area contributed by atoms with Gasteiger partial charge in [-0.25, -0.2) is 4.79 Å². The lowest BCUT2D eigenvalue weighted by Gasteiger charge is -2.28. The van der Waals surface area contributed by atoms with Crippen molar-refractivity contribution in [3.8, 4) is 11.5 Å². The minimum absolute atomic E-state index is 0.00600. The van der Waals surface area contributed by atoms with Gasteiger partial charge in [0, 0.05) is 32.5 Å². The van der Waals surface area contributed by atoms with Gasteiger partial charge in [-0.05, 0) is 171 Å². The molecule has 0 spiro atoms. The third-order valence-electron chi connectivity index (χ3n) is 14.8. The molecule has 2 rings (SSSR count). The van der Waals surface area contributed by atoms with Gasteiger partial charge in [-0.1, -0.05) is 30.7 Å². The van der Waals surface area contributed by atoms with Crippen LogP contribution in [-0.2, 0) is 56.0 Å². The van der Waals surface area contributed by atoms with Crippen LogP contribution >= 0.6 is 0 Å². The highest BCUT2D eigenvalue weighted by Crippen LogP contribution is 2.16. The quantitative estimate of drug-likeness (QED) is 0.0167. The summed E-state index contributed by atoms with van der Waals surface area (Å²) in [6.07, 6.45) is 3.37. The van der Waals surface area contributed by atoms with Crippen molar-refractivity contribution < 1.29 is 58.5 Å². The molecule has 2 aromatic carbocycles. The van der Waals surface area contributed by atoms with Crippen LogP contribution in [0.5, 0.6) is 11.5 Å². The molecule has 9 unspecified atom stereocenters. The summed E-state index contributed by atoms with van der Waals surface area (Å²) in [7, 11) is 0. The Kier molecular flexibility index (Phi) is 39.7. The molecule has 94 heavy (non-hydrogen) atoms. The molecule has 0 aromatic heterocycles. The van der Waals surface area contributed by atoms with Gasteiger partial charge >= 0.3 is 5.97 Å². The van der Waals surface area contributed by atoms with Crippen LogP contribution < -0.4 is 106 Å². The number of nitrogens with zero attached hydrogens (tertiary/aromatic N) is 3. The van der Waals surface area contributed by atoms with E-state index in [9.17, 15) is 58.5 Å². The Hall–Kier alpha value is -9.12. The second-order valence-electron chi connectivity index (χ2n) is 22.7. The molecule has 0 aliphatic heterocycles. The molecule has 0 radical (unpaired) electrons. The van der Waals surface area contributed by atoms with Gasteiger partial charge in [0.05, 0.1) is 6.04 Å². The molecule has 0 bridgehead atoms. The molecule has 0 heterocycles. The molecule has 34 nitrogen and oxygen atoms in total. The number of unbranched alkanes of at least 4 members (excludes halogenated alkanes) is 4. The predicted molar refractivity (Wildman–Crippen MR) is 356 cm³/mol. The molecule has 0 saturated carbocycles. The zero-order chi connectivity index (χ0) is 70.0. The summed E-state index contributed by atoms with van der Waals surface area (Å²) in [6, 6.07) is -0.751. The summed E-state index contributed by atoms with van der Waals surface area (Å²) in [6.45, 7) is 1.22. The van der Waals surface area contributed by atoms with Crippen LogP contribution in [0.2, 0.25) is 0 Å². The summed E-state index contributed by atoms with van der Waals surface area (Å²) in [5.41, 5.74) is 63.2. The zero-order valence-corrected chi connectivity index (χ0v) is 53.6. The number of carbonyl (C=O) groups is 9. The van der Waals surface area contributed by atoms with Crippen LogP contribution in [0.25, 0.3) is 0 Å². The SMILES string of the molecule is NCCCCC(N)C(=O)NC(CCCN=C(N)N)C(=O)NC(CCCN=C(N)N)C(=O)NC(Cc1ccc(O)cc1)C(=O)NC(CCCCN)C(=O)NC(Cc1ccc(O)cc1)C(=O)NC(CCCCN)C(=O)NC(CCCCN)C(=O)NC(CCCN=C(N)N)C(=O)O. The van der Waals surface area contributed by atoms with E-state index in [2.05, 4.69) is 57.5 Å². The van der Waals surface area contributed by atoms with Gasteiger partial charge in [0.1, 0.15) is 59.8 Å². The summed E-state index contributed by atoms with van der Waals surface area (Å²) in [5, 5.41) is 51.8. The Balaban J connectivity index is 2.68. The molecule has 9 atom stereocenters. The Morgan fingerprint density at radius 1 is 0.330 bits per heavy atom. The highest BCUT2D eigenvalue weighted by Gasteiger charge is 2.35. The fourth-order valence-electron chi connectivity index (χ4n) is 9.57. The van der Waals surface area contributed by atoms with E-state index in [1.165, 1.54) is 48.5 Å².